The first-order valence-electron chi connectivity index (χ1n) is 13.2. The second-order valence-electron chi connectivity index (χ2n) is 10.8. The highest BCUT2D eigenvalue weighted by Gasteiger charge is 2.32. The highest BCUT2D eigenvalue weighted by molar-refractivity contribution is 7.90. The number of rotatable bonds is 7. The van der Waals surface area contributed by atoms with Gasteiger partial charge in [-0.05, 0) is 92.4 Å². The number of aromatic hydroxyl groups is 2. The monoisotopic (exact) mass is 549 g/mol. The lowest BCUT2D eigenvalue weighted by Gasteiger charge is -2.32. The molecule has 2 heterocycles. The van der Waals surface area contributed by atoms with Crippen molar-refractivity contribution in [2.45, 2.75) is 44.2 Å². The predicted octanol–water partition coefficient (Wildman–Crippen LogP) is 5.67. The number of likely N-dealkylation sites (tertiary alicyclic amines) is 1. The molecule has 7 nitrogen and oxygen atoms in total. The lowest BCUT2D eigenvalue weighted by Crippen LogP contribution is -2.35. The van der Waals surface area contributed by atoms with E-state index in [0.717, 1.165) is 42.1 Å². The van der Waals surface area contributed by atoms with Crippen molar-refractivity contribution in [1.29, 1.82) is 0 Å². The van der Waals surface area contributed by atoms with Gasteiger partial charge in [0.25, 0.3) is 0 Å². The van der Waals surface area contributed by atoms with Gasteiger partial charge in [-0.3, -0.25) is 4.90 Å². The van der Waals surface area contributed by atoms with Gasteiger partial charge in [-0.1, -0.05) is 19.1 Å². The van der Waals surface area contributed by atoms with Crippen LogP contribution in [0.4, 0.5) is 0 Å². The topological polar surface area (TPSA) is 96.3 Å². The van der Waals surface area contributed by atoms with E-state index in [1.54, 1.807) is 24.3 Å². The zero-order chi connectivity index (χ0) is 27.9. The summed E-state index contributed by atoms with van der Waals surface area (Å²) in [6.45, 7) is 9.15. The van der Waals surface area contributed by atoms with E-state index in [2.05, 4.69) is 18.7 Å². The average Bonchev–Trinajstić information content (AvgIpc) is 3.34. The molecule has 2 N–H and O–H groups in total. The number of phenols is 2. The minimum Gasteiger partial charge on any atom is -0.508 e. The largest absolute Gasteiger partial charge is 0.508 e. The van der Waals surface area contributed by atoms with Crippen LogP contribution in [0.15, 0.2) is 65.6 Å². The Morgan fingerprint density at radius 3 is 2.38 bits per heavy atom. The Kier molecular flexibility index (Phi) is 7.35. The molecule has 0 aliphatic carbocycles. The molecule has 39 heavy (non-hydrogen) atoms. The summed E-state index contributed by atoms with van der Waals surface area (Å²) in [4.78, 5) is 2.47. The van der Waals surface area contributed by atoms with Crippen molar-refractivity contribution in [1.82, 2.24) is 4.90 Å². The number of hydrogen-bond donors (Lipinski definition) is 2. The van der Waals surface area contributed by atoms with E-state index in [9.17, 15) is 18.6 Å². The molecule has 1 saturated heterocycles. The molecule has 3 aromatic carbocycles. The maximum absolute atomic E-state index is 12.7. The van der Waals surface area contributed by atoms with Crippen molar-refractivity contribution in [3.63, 3.8) is 0 Å². The van der Waals surface area contributed by atoms with Crippen molar-refractivity contribution in [3.8, 4) is 23.0 Å². The molecule has 5 rings (SSSR count). The first-order valence-corrected chi connectivity index (χ1v) is 15.1. The van der Waals surface area contributed by atoms with E-state index in [1.165, 1.54) is 18.6 Å². The summed E-state index contributed by atoms with van der Waals surface area (Å²) < 4.78 is 38.1. The summed E-state index contributed by atoms with van der Waals surface area (Å²) in [6.07, 6.45) is 1.72. The normalized spacial score (nSPS) is 20.4. The average molecular weight is 550 g/mol. The lowest BCUT2D eigenvalue weighted by atomic mass is 9.86. The van der Waals surface area contributed by atoms with Crippen LogP contribution in [-0.2, 0) is 9.84 Å². The van der Waals surface area contributed by atoms with E-state index in [-0.39, 0.29) is 16.4 Å². The lowest BCUT2D eigenvalue weighted by molar-refractivity contribution is 0.169. The number of nitrogens with zero attached hydrogens (tertiary/aromatic N) is 1. The molecule has 0 spiro atoms. The van der Waals surface area contributed by atoms with Gasteiger partial charge in [0.2, 0.25) is 0 Å². The van der Waals surface area contributed by atoms with Gasteiger partial charge in [-0.2, -0.15) is 0 Å². The summed E-state index contributed by atoms with van der Waals surface area (Å²) in [5.74, 6) is 2.01. The van der Waals surface area contributed by atoms with E-state index < -0.39 is 15.9 Å². The van der Waals surface area contributed by atoms with E-state index >= 15 is 0 Å². The van der Waals surface area contributed by atoms with Crippen LogP contribution in [0.2, 0.25) is 0 Å². The standard InChI is InChI=1S/C31H35NO6S/c1-19-13-14-32(17-19)20(2)18-37-25-9-5-22(6-10-25)31-30(21(3)27-15-23(33)8-12-28(27)38-31)26-11-7-24(34)16-29(26)39(4,35)36/h5-12,15-16,19-20,31,33-34H,13-14,17-18H2,1-4H3. The minimum absolute atomic E-state index is 0.0132. The maximum atomic E-state index is 12.7. The Bertz CT molecular complexity index is 1510. The number of phenolic OH excluding ortho intramolecular Hbond substituents is 2. The number of hydrogen-bond acceptors (Lipinski definition) is 7. The smallest absolute Gasteiger partial charge is 0.176 e. The summed E-state index contributed by atoms with van der Waals surface area (Å²) in [7, 11) is -3.68. The zero-order valence-electron chi connectivity index (χ0n) is 22.7. The fourth-order valence-corrected chi connectivity index (χ4v) is 6.40. The molecule has 3 atom stereocenters. The van der Waals surface area contributed by atoms with Crippen LogP contribution in [0, 0.1) is 5.92 Å². The summed E-state index contributed by atoms with van der Waals surface area (Å²) in [5, 5.41) is 20.2. The third kappa shape index (κ3) is 5.63. The van der Waals surface area contributed by atoms with Crippen molar-refractivity contribution < 1.29 is 28.1 Å². The number of sulfone groups is 1. The van der Waals surface area contributed by atoms with E-state index in [4.69, 9.17) is 9.47 Å². The predicted molar refractivity (Wildman–Crippen MR) is 152 cm³/mol. The quantitative estimate of drug-likeness (QED) is 0.392. The first kappa shape index (κ1) is 27.1. The third-order valence-corrected chi connectivity index (χ3v) is 8.82. The highest BCUT2D eigenvalue weighted by Crippen LogP contribution is 2.49. The molecule has 3 unspecified atom stereocenters. The van der Waals surface area contributed by atoms with E-state index in [1.807, 2.05) is 31.2 Å². The van der Waals surface area contributed by atoms with Gasteiger partial charge in [0.05, 0.1) is 4.90 Å². The fourth-order valence-electron chi connectivity index (χ4n) is 5.49. The highest BCUT2D eigenvalue weighted by atomic mass is 32.2. The van der Waals surface area contributed by atoms with Crippen LogP contribution < -0.4 is 9.47 Å². The Labute approximate surface area is 230 Å². The number of ether oxygens (including phenoxy) is 2. The van der Waals surface area contributed by atoms with Gasteiger partial charge in [0.15, 0.2) is 9.84 Å². The molecule has 0 saturated carbocycles. The van der Waals surface area contributed by atoms with E-state index in [0.29, 0.717) is 35.1 Å². The van der Waals surface area contributed by atoms with Crippen molar-refractivity contribution in [2.24, 2.45) is 5.92 Å². The van der Waals surface area contributed by atoms with Crippen LogP contribution >= 0.6 is 0 Å². The molecular formula is C31H35NO6S. The molecule has 2 aliphatic heterocycles. The molecule has 1 fully saturated rings. The molecular weight excluding hydrogens is 514 g/mol. The Hall–Kier alpha value is -3.49. The van der Waals surface area contributed by atoms with Crippen LogP contribution in [0.25, 0.3) is 11.1 Å². The van der Waals surface area contributed by atoms with Gasteiger partial charge >= 0.3 is 0 Å². The summed E-state index contributed by atoms with van der Waals surface area (Å²) in [6, 6.07) is 17.2. The van der Waals surface area contributed by atoms with Gasteiger partial charge in [-0.15, -0.1) is 0 Å². The van der Waals surface area contributed by atoms with Crippen LogP contribution in [0.5, 0.6) is 23.0 Å². The molecule has 8 heteroatoms. The zero-order valence-corrected chi connectivity index (χ0v) is 23.5. The second kappa shape index (κ2) is 10.6. The number of benzene rings is 3. The molecule has 0 radical (unpaired) electrons. The Morgan fingerprint density at radius 2 is 1.72 bits per heavy atom. The summed E-state index contributed by atoms with van der Waals surface area (Å²) in [5.41, 5.74) is 3.38. The molecule has 0 bridgehead atoms. The third-order valence-electron chi connectivity index (χ3n) is 7.69. The second-order valence-corrected chi connectivity index (χ2v) is 12.8. The molecule has 206 valence electrons. The fraction of sp³-hybridized carbons (Fsp3) is 0.355. The van der Waals surface area contributed by atoms with Crippen molar-refractivity contribution in [2.75, 3.05) is 26.0 Å². The van der Waals surface area contributed by atoms with Crippen molar-refractivity contribution >= 4 is 21.0 Å². The van der Waals surface area contributed by atoms with Crippen LogP contribution in [-0.4, -0.2) is 55.5 Å². The van der Waals surface area contributed by atoms with Crippen LogP contribution in [0.3, 0.4) is 0 Å². The molecule has 0 aromatic heterocycles. The Balaban J connectivity index is 1.50. The number of fused-ring (bicyclic) bond motifs is 1. The molecule has 2 aliphatic rings. The minimum atomic E-state index is -3.68. The molecule has 3 aromatic rings. The maximum Gasteiger partial charge on any atom is 0.176 e. The van der Waals surface area contributed by atoms with Crippen molar-refractivity contribution in [3.05, 3.63) is 77.4 Å². The SMILES string of the molecule is CC1=C(c2ccc(O)cc2S(C)(=O)=O)C(c2ccc(OCC(C)N3CCC(C)C3)cc2)Oc2ccc(O)cc21. The van der Waals surface area contributed by atoms with Gasteiger partial charge < -0.3 is 19.7 Å². The summed E-state index contributed by atoms with van der Waals surface area (Å²) >= 11 is 0. The van der Waals surface area contributed by atoms with Gasteiger partial charge in [0.1, 0.15) is 35.7 Å². The Morgan fingerprint density at radius 1 is 1.03 bits per heavy atom. The molecule has 0 amide bonds. The van der Waals surface area contributed by atoms with Gasteiger partial charge in [0, 0.05) is 35.5 Å². The van der Waals surface area contributed by atoms with Gasteiger partial charge in [-0.25, -0.2) is 8.42 Å². The van der Waals surface area contributed by atoms with Crippen LogP contribution in [0.1, 0.15) is 50.0 Å². The first-order chi connectivity index (χ1) is 18.5. The number of allylic oxidation sites excluding steroid dienone is 1.